The van der Waals surface area contributed by atoms with Crippen LogP contribution in [0.25, 0.3) is 0 Å². The van der Waals surface area contributed by atoms with Gasteiger partial charge in [-0.05, 0) is 45.3 Å². The lowest BCUT2D eigenvalue weighted by molar-refractivity contribution is 0.0952. The van der Waals surface area contributed by atoms with Crippen LogP contribution in [0.1, 0.15) is 22.3 Å². The van der Waals surface area contributed by atoms with Gasteiger partial charge in [0.05, 0.1) is 12.8 Å². The number of hydrogen-bond acceptors (Lipinski definition) is 6. The molecule has 0 atom stereocenters. The number of benzene rings is 1. The molecule has 0 saturated carbocycles. The van der Waals surface area contributed by atoms with E-state index in [0.717, 1.165) is 13.0 Å². The predicted octanol–water partition coefficient (Wildman–Crippen LogP) is 1.95. The molecule has 9 heteroatoms. The van der Waals surface area contributed by atoms with Gasteiger partial charge in [0.25, 0.3) is 5.91 Å². The first-order chi connectivity index (χ1) is 13.5. The molecule has 3 N–H and O–H groups in total. The Morgan fingerprint density at radius 3 is 2.68 bits per heavy atom. The zero-order valence-electron chi connectivity index (χ0n) is 16.4. The predicted molar refractivity (Wildman–Crippen MR) is 107 cm³/mol. The molecule has 0 radical (unpaired) electrons. The number of anilines is 2. The molecule has 2 rings (SSSR count). The van der Waals surface area contributed by atoms with E-state index in [0.29, 0.717) is 29.2 Å². The molecule has 3 amide bonds. The highest BCUT2D eigenvalue weighted by Gasteiger charge is 2.12. The average Bonchev–Trinajstić information content (AvgIpc) is 2.67. The number of methoxy groups -OCH3 is 1. The van der Waals surface area contributed by atoms with E-state index >= 15 is 0 Å². The molecular weight excluding hydrogens is 360 g/mol. The minimum atomic E-state index is -0.459. The first-order valence-corrected chi connectivity index (χ1v) is 8.88. The molecule has 1 aromatic heterocycles. The molecule has 0 bridgehead atoms. The zero-order chi connectivity index (χ0) is 20.4. The number of ether oxygens (including phenoxy) is 1. The summed E-state index contributed by atoms with van der Waals surface area (Å²) in [5.41, 5.74) is 1.75. The van der Waals surface area contributed by atoms with Gasteiger partial charge in [-0.3, -0.25) is 15.1 Å². The van der Waals surface area contributed by atoms with Crippen LogP contribution in [0.15, 0.2) is 36.8 Å². The van der Waals surface area contributed by atoms with Gasteiger partial charge in [0.2, 0.25) is 0 Å². The molecule has 0 aliphatic heterocycles. The minimum absolute atomic E-state index is 0.160. The largest absolute Gasteiger partial charge is 0.380 e. The maximum absolute atomic E-state index is 12.3. The second-order valence-corrected chi connectivity index (χ2v) is 6.39. The van der Waals surface area contributed by atoms with E-state index in [4.69, 9.17) is 4.74 Å². The molecule has 9 nitrogen and oxygen atoms in total. The van der Waals surface area contributed by atoms with Crippen LogP contribution in [0.2, 0.25) is 0 Å². The number of rotatable bonds is 9. The lowest BCUT2D eigenvalue weighted by Gasteiger charge is -2.14. The van der Waals surface area contributed by atoms with Crippen molar-refractivity contribution >= 4 is 23.4 Å². The summed E-state index contributed by atoms with van der Waals surface area (Å²) in [4.78, 5) is 34.5. The lowest BCUT2D eigenvalue weighted by atomic mass is 10.1. The summed E-state index contributed by atoms with van der Waals surface area (Å²) in [6.07, 6.45) is 5.31. The van der Waals surface area contributed by atoms with E-state index in [9.17, 15) is 9.59 Å². The number of hydrogen-bond donors (Lipinski definition) is 3. The maximum Gasteiger partial charge on any atom is 0.324 e. The van der Waals surface area contributed by atoms with Gasteiger partial charge in [-0.1, -0.05) is 0 Å². The fourth-order valence-electron chi connectivity index (χ4n) is 2.46. The van der Waals surface area contributed by atoms with Crippen molar-refractivity contribution in [3.8, 4) is 0 Å². The molecule has 0 aliphatic rings. The quantitative estimate of drug-likeness (QED) is 0.569. The van der Waals surface area contributed by atoms with Crippen LogP contribution in [0.5, 0.6) is 0 Å². The third-order valence-electron chi connectivity index (χ3n) is 3.79. The van der Waals surface area contributed by atoms with Crippen molar-refractivity contribution in [2.75, 3.05) is 44.9 Å². The molecule has 28 heavy (non-hydrogen) atoms. The molecule has 0 spiro atoms. The van der Waals surface area contributed by atoms with Crippen LogP contribution in [0, 0.1) is 0 Å². The van der Waals surface area contributed by atoms with E-state index in [-0.39, 0.29) is 12.5 Å². The van der Waals surface area contributed by atoms with Gasteiger partial charge in [0.1, 0.15) is 0 Å². The van der Waals surface area contributed by atoms with Crippen LogP contribution in [0.3, 0.4) is 0 Å². The molecular formula is C19H26N6O3. The summed E-state index contributed by atoms with van der Waals surface area (Å²) in [6.45, 7) is 1.75. The standard InChI is InChI=1S/C19H26N6O3/c1-25(2)10-4-7-22-18(26)14-5-6-16(15(11-14)13-28-3)23-19(27)24-17-12-20-8-9-21-17/h5-6,8-9,11-12H,4,7,10,13H2,1-3H3,(H,22,26)(H2,21,23,24,27). The summed E-state index contributed by atoms with van der Waals surface area (Å²) in [6, 6.07) is 4.60. The van der Waals surface area contributed by atoms with E-state index < -0.39 is 6.03 Å². The lowest BCUT2D eigenvalue weighted by Crippen LogP contribution is -2.27. The highest BCUT2D eigenvalue weighted by Crippen LogP contribution is 2.19. The van der Waals surface area contributed by atoms with Gasteiger partial charge >= 0.3 is 6.03 Å². The smallest absolute Gasteiger partial charge is 0.324 e. The number of carbonyl (C=O) groups is 2. The summed E-state index contributed by atoms with van der Waals surface area (Å²) >= 11 is 0. The zero-order valence-corrected chi connectivity index (χ0v) is 16.4. The Hall–Kier alpha value is -3.04. The van der Waals surface area contributed by atoms with Gasteiger partial charge in [0, 0.05) is 42.9 Å². The van der Waals surface area contributed by atoms with Crippen molar-refractivity contribution < 1.29 is 14.3 Å². The van der Waals surface area contributed by atoms with Crippen molar-refractivity contribution in [3.05, 3.63) is 47.9 Å². The average molecular weight is 386 g/mol. The van der Waals surface area contributed by atoms with Crippen LogP contribution in [0.4, 0.5) is 16.3 Å². The van der Waals surface area contributed by atoms with Gasteiger partial charge in [-0.15, -0.1) is 0 Å². The van der Waals surface area contributed by atoms with Crippen molar-refractivity contribution in [1.29, 1.82) is 0 Å². The van der Waals surface area contributed by atoms with Crippen molar-refractivity contribution in [1.82, 2.24) is 20.2 Å². The van der Waals surface area contributed by atoms with Crippen LogP contribution < -0.4 is 16.0 Å². The molecule has 1 aromatic carbocycles. The molecule has 150 valence electrons. The Morgan fingerprint density at radius 2 is 2.00 bits per heavy atom. The number of carbonyl (C=O) groups excluding carboxylic acids is 2. The third-order valence-corrected chi connectivity index (χ3v) is 3.79. The maximum atomic E-state index is 12.3. The molecule has 1 heterocycles. The second-order valence-electron chi connectivity index (χ2n) is 6.39. The van der Waals surface area contributed by atoms with Gasteiger partial charge in [-0.25, -0.2) is 9.78 Å². The number of aromatic nitrogens is 2. The number of nitrogens with zero attached hydrogens (tertiary/aromatic N) is 3. The Bertz CT molecular complexity index is 782. The summed E-state index contributed by atoms with van der Waals surface area (Å²) in [7, 11) is 5.54. The summed E-state index contributed by atoms with van der Waals surface area (Å²) in [5, 5.41) is 8.23. The van der Waals surface area contributed by atoms with Gasteiger partial charge in [-0.2, -0.15) is 0 Å². The van der Waals surface area contributed by atoms with E-state index in [2.05, 4.69) is 30.8 Å². The SMILES string of the molecule is COCc1cc(C(=O)NCCCN(C)C)ccc1NC(=O)Nc1cnccn1. The Kier molecular flexibility index (Phi) is 8.32. The van der Waals surface area contributed by atoms with E-state index in [1.807, 2.05) is 14.1 Å². The highest BCUT2D eigenvalue weighted by atomic mass is 16.5. The van der Waals surface area contributed by atoms with Crippen molar-refractivity contribution in [2.24, 2.45) is 0 Å². The Morgan fingerprint density at radius 1 is 1.18 bits per heavy atom. The molecule has 0 fully saturated rings. The number of urea groups is 1. The van der Waals surface area contributed by atoms with Crippen LogP contribution in [-0.4, -0.2) is 61.1 Å². The van der Waals surface area contributed by atoms with Crippen molar-refractivity contribution in [2.45, 2.75) is 13.0 Å². The van der Waals surface area contributed by atoms with E-state index in [1.165, 1.54) is 18.6 Å². The van der Waals surface area contributed by atoms with Crippen LogP contribution >= 0.6 is 0 Å². The topological polar surface area (TPSA) is 108 Å². The van der Waals surface area contributed by atoms with E-state index in [1.54, 1.807) is 25.3 Å². The van der Waals surface area contributed by atoms with Crippen molar-refractivity contribution in [3.63, 3.8) is 0 Å². The minimum Gasteiger partial charge on any atom is -0.380 e. The Balaban J connectivity index is 2.01. The second kappa shape index (κ2) is 11.0. The monoisotopic (exact) mass is 386 g/mol. The Labute approximate surface area is 164 Å². The fourth-order valence-corrected chi connectivity index (χ4v) is 2.46. The third kappa shape index (κ3) is 6.93. The first kappa shape index (κ1) is 21.3. The normalized spacial score (nSPS) is 10.6. The molecule has 0 saturated heterocycles. The number of amides is 3. The number of nitrogens with one attached hydrogen (secondary N) is 3. The highest BCUT2D eigenvalue weighted by molar-refractivity contribution is 6.00. The summed E-state index contributed by atoms with van der Waals surface area (Å²) < 4.78 is 5.20. The fraction of sp³-hybridized carbons (Fsp3) is 0.368. The first-order valence-electron chi connectivity index (χ1n) is 8.88. The molecule has 0 aliphatic carbocycles. The van der Waals surface area contributed by atoms with Gasteiger partial charge < -0.3 is 20.3 Å². The summed E-state index contributed by atoms with van der Waals surface area (Å²) in [5.74, 6) is 0.175. The molecule has 2 aromatic rings. The van der Waals surface area contributed by atoms with Gasteiger partial charge in [0.15, 0.2) is 5.82 Å². The molecule has 0 unspecified atom stereocenters. The van der Waals surface area contributed by atoms with Crippen LogP contribution in [-0.2, 0) is 11.3 Å².